The zero-order valence-electron chi connectivity index (χ0n) is 15.1. The van der Waals surface area contributed by atoms with Crippen LogP contribution in [0.2, 0.25) is 0 Å². The fourth-order valence-corrected chi connectivity index (χ4v) is 4.06. The summed E-state index contributed by atoms with van der Waals surface area (Å²) in [5, 5.41) is 6.68. The van der Waals surface area contributed by atoms with E-state index in [0.29, 0.717) is 37.6 Å². The Hall–Kier alpha value is -1.10. The van der Waals surface area contributed by atoms with Gasteiger partial charge < -0.3 is 15.4 Å². The number of nitrogens with one attached hydrogen (secondary N) is 2. The van der Waals surface area contributed by atoms with Crippen molar-refractivity contribution >= 4 is 18.3 Å². The molecule has 0 radical (unpaired) electrons. The number of carbonyl (C=O) groups is 1. The Morgan fingerprint density at radius 2 is 1.92 bits per heavy atom. The SMILES string of the molecule is CC(OCCCNC(=O)CC1CC2CCC(C1)N2)c1ccccc1.Cl. The predicted molar refractivity (Wildman–Crippen MR) is 103 cm³/mol. The monoisotopic (exact) mass is 366 g/mol. The zero-order valence-corrected chi connectivity index (χ0v) is 15.9. The minimum Gasteiger partial charge on any atom is -0.374 e. The van der Waals surface area contributed by atoms with Gasteiger partial charge in [0.05, 0.1) is 6.10 Å². The second-order valence-electron chi connectivity index (χ2n) is 7.31. The lowest BCUT2D eigenvalue weighted by Gasteiger charge is -2.28. The van der Waals surface area contributed by atoms with Gasteiger partial charge in [-0.25, -0.2) is 0 Å². The maximum Gasteiger partial charge on any atom is 0.220 e. The summed E-state index contributed by atoms with van der Waals surface area (Å²) in [5.41, 5.74) is 1.20. The highest BCUT2D eigenvalue weighted by Gasteiger charge is 2.33. The Balaban J connectivity index is 0.00000225. The van der Waals surface area contributed by atoms with E-state index in [1.807, 2.05) is 18.2 Å². The van der Waals surface area contributed by atoms with Crippen LogP contribution in [0.25, 0.3) is 0 Å². The average Bonchev–Trinajstić information content (AvgIpc) is 2.93. The van der Waals surface area contributed by atoms with Crippen LogP contribution in [0.3, 0.4) is 0 Å². The third-order valence-electron chi connectivity index (χ3n) is 5.32. The quantitative estimate of drug-likeness (QED) is 0.691. The lowest BCUT2D eigenvalue weighted by Crippen LogP contribution is -2.39. The van der Waals surface area contributed by atoms with Crippen molar-refractivity contribution in [1.29, 1.82) is 0 Å². The summed E-state index contributed by atoms with van der Waals surface area (Å²) < 4.78 is 5.84. The van der Waals surface area contributed by atoms with Crippen LogP contribution < -0.4 is 10.6 Å². The van der Waals surface area contributed by atoms with Crippen LogP contribution in [-0.4, -0.2) is 31.1 Å². The molecule has 5 heteroatoms. The number of rotatable bonds is 8. The molecule has 2 fully saturated rings. The Morgan fingerprint density at radius 3 is 2.60 bits per heavy atom. The molecule has 2 heterocycles. The Kier molecular flexibility index (Phi) is 8.20. The van der Waals surface area contributed by atoms with Gasteiger partial charge in [0.25, 0.3) is 0 Å². The molecule has 3 atom stereocenters. The number of hydrogen-bond acceptors (Lipinski definition) is 3. The molecule has 0 aromatic heterocycles. The summed E-state index contributed by atoms with van der Waals surface area (Å²) in [4.78, 5) is 12.1. The summed E-state index contributed by atoms with van der Waals surface area (Å²) in [6.45, 7) is 3.45. The van der Waals surface area contributed by atoms with Gasteiger partial charge in [-0.05, 0) is 50.5 Å². The molecule has 2 saturated heterocycles. The number of benzene rings is 1. The highest BCUT2D eigenvalue weighted by atomic mass is 35.5. The maximum absolute atomic E-state index is 12.1. The third kappa shape index (κ3) is 6.28. The van der Waals surface area contributed by atoms with Crippen LogP contribution in [0.15, 0.2) is 30.3 Å². The normalized spacial score (nSPS) is 25.9. The Morgan fingerprint density at radius 1 is 1.24 bits per heavy atom. The lowest BCUT2D eigenvalue weighted by atomic mass is 9.89. The van der Waals surface area contributed by atoms with E-state index in [-0.39, 0.29) is 24.4 Å². The molecule has 2 N–H and O–H groups in total. The van der Waals surface area contributed by atoms with Gasteiger partial charge in [0.15, 0.2) is 0 Å². The predicted octanol–water partition coefficient (Wildman–Crippen LogP) is 3.61. The van der Waals surface area contributed by atoms with E-state index in [4.69, 9.17) is 4.74 Å². The van der Waals surface area contributed by atoms with Crippen molar-refractivity contribution in [3.63, 3.8) is 0 Å². The van der Waals surface area contributed by atoms with Gasteiger partial charge in [-0.1, -0.05) is 30.3 Å². The minimum absolute atomic E-state index is 0. The summed E-state index contributed by atoms with van der Waals surface area (Å²) >= 11 is 0. The van der Waals surface area contributed by atoms with E-state index in [0.717, 1.165) is 6.42 Å². The lowest BCUT2D eigenvalue weighted by molar-refractivity contribution is -0.122. The second-order valence-corrected chi connectivity index (χ2v) is 7.31. The number of halogens is 1. The van der Waals surface area contributed by atoms with E-state index in [1.165, 1.54) is 31.2 Å². The van der Waals surface area contributed by atoms with Crippen LogP contribution in [-0.2, 0) is 9.53 Å². The first-order chi connectivity index (χ1) is 11.7. The van der Waals surface area contributed by atoms with Crippen molar-refractivity contribution in [2.24, 2.45) is 5.92 Å². The fourth-order valence-electron chi connectivity index (χ4n) is 4.06. The molecule has 25 heavy (non-hydrogen) atoms. The molecule has 3 rings (SSSR count). The highest BCUT2D eigenvalue weighted by molar-refractivity contribution is 5.85. The van der Waals surface area contributed by atoms with Crippen molar-refractivity contribution in [2.75, 3.05) is 13.2 Å². The van der Waals surface area contributed by atoms with E-state index in [2.05, 4.69) is 29.7 Å². The molecule has 3 unspecified atom stereocenters. The fraction of sp³-hybridized carbons (Fsp3) is 0.650. The van der Waals surface area contributed by atoms with Gasteiger partial charge in [0.1, 0.15) is 0 Å². The molecule has 4 nitrogen and oxygen atoms in total. The molecular formula is C20H31ClN2O2. The minimum atomic E-state index is 0. The van der Waals surface area contributed by atoms with E-state index < -0.39 is 0 Å². The van der Waals surface area contributed by atoms with Crippen molar-refractivity contribution in [2.45, 2.75) is 63.6 Å². The molecule has 2 aliphatic rings. The van der Waals surface area contributed by atoms with Gasteiger partial charge in [-0.2, -0.15) is 0 Å². The molecule has 0 aliphatic carbocycles. The summed E-state index contributed by atoms with van der Waals surface area (Å²) in [7, 11) is 0. The zero-order chi connectivity index (χ0) is 16.8. The van der Waals surface area contributed by atoms with Gasteiger partial charge in [0.2, 0.25) is 5.91 Å². The Labute approximate surface area is 157 Å². The standard InChI is InChI=1S/C20H30N2O2.ClH/c1-15(17-6-3-2-4-7-17)24-11-5-10-21-20(23)14-16-12-18-8-9-19(13-16)22-18;/h2-4,6-7,15-16,18-19,22H,5,8-14H2,1H3,(H,21,23);1H. The van der Waals surface area contributed by atoms with Gasteiger partial charge in [-0.3, -0.25) is 4.79 Å². The van der Waals surface area contributed by atoms with Gasteiger partial charge >= 0.3 is 0 Å². The molecular weight excluding hydrogens is 336 g/mol. The molecule has 0 spiro atoms. The third-order valence-corrected chi connectivity index (χ3v) is 5.32. The van der Waals surface area contributed by atoms with Gasteiger partial charge in [0, 0.05) is 31.7 Å². The van der Waals surface area contributed by atoms with Crippen molar-refractivity contribution < 1.29 is 9.53 Å². The number of carbonyl (C=O) groups excluding carboxylic acids is 1. The van der Waals surface area contributed by atoms with Crippen LogP contribution in [0, 0.1) is 5.92 Å². The molecule has 2 aliphatic heterocycles. The average molecular weight is 367 g/mol. The smallest absolute Gasteiger partial charge is 0.220 e. The van der Waals surface area contributed by atoms with Crippen molar-refractivity contribution in [3.05, 3.63) is 35.9 Å². The maximum atomic E-state index is 12.1. The van der Waals surface area contributed by atoms with Crippen LogP contribution >= 0.6 is 12.4 Å². The number of fused-ring (bicyclic) bond motifs is 2. The number of piperidine rings is 1. The first-order valence-electron chi connectivity index (χ1n) is 9.40. The Bertz CT molecular complexity index is 514. The number of hydrogen-bond donors (Lipinski definition) is 2. The number of ether oxygens (including phenoxy) is 1. The molecule has 1 amide bonds. The van der Waals surface area contributed by atoms with Gasteiger partial charge in [-0.15, -0.1) is 12.4 Å². The van der Waals surface area contributed by atoms with E-state index in [9.17, 15) is 4.79 Å². The summed E-state index contributed by atoms with van der Waals surface area (Å²) in [5.74, 6) is 0.774. The molecule has 140 valence electrons. The van der Waals surface area contributed by atoms with E-state index >= 15 is 0 Å². The first kappa shape index (κ1) is 20.2. The molecule has 1 aromatic rings. The van der Waals surface area contributed by atoms with E-state index in [1.54, 1.807) is 0 Å². The van der Waals surface area contributed by atoms with Crippen LogP contribution in [0.1, 0.15) is 57.1 Å². The van der Waals surface area contributed by atoms with Crippen LogP contribution in [0.4, 0.5) is 0 Å². The molecule has 1 aromatic carbocycles. The summed E-state index contributed by atoms with van der Waals surface area (Å²) in [6.07, 6.45) is 6.58. The largest absolute Gasteiger partial charge is 0.374 e. The van der Waals surface area contributed by atoms with Crippen molar-refractivity contribution in [3.8, 4) is 0 Å². The first-order valence-corrected chi connectivity index (χ1v) is 9.40. The molecule has 0 saturated carbocycles. The van der Waals surface area contributed by atoms with Crippen LogP contribution in [0.5, 0.6) is 0 Å². The molecule has 2 bridgehead atoms. The highest BCUT2D eigenvalue weighted by Crippen LogP contribution is 2.32. The number of amides is 1. The topological polar surface area (TPSA) is 50.4 Å². The second kappa shape index (κ2) is 10.1. The van der Waals surface area contributed by atoms with Crippen molar-refractivity contribution in [1.82, 2.24) is 10.6 Å². The summed E-state index contributed by atoms with van der Waals surface area (Å²) in [6, 6.07) is 11.6.